The summed E-state index contributed by atoms with van der Waals surface area (Å²) in [6.07, 6.45) is 0.577. The van der Waals surface area contributed by atoms with Crippen LogP contribution in [0.5, 0.6) is 5.75 Å². The number of aliphatic imine (C=N–C) groups is 1. The number of nitrogens with zero attached hydrogens (tertiary/aromatic N) is 1. The van der Waals surface area contributed by atoms with Gasteiger partial charge in [-0.15, -0.1) is 24.0 Å². The van der Waals surface area contributed by atoms with E-state index in [2.05, 4.69) is 10.3 Å². The zero-order valence-electron chi connectivity index (χ0n) is 12.6. The first kappa shape index (κ1) is 19.5. The molecule has 0 spiro atoms. The molecule has 0 amide bonds. The van der Waals surface area contributed by atoms with Gasteiger partial charge in [0.15, 0.2) is 5.96 Å². The van der Waals surface area contributed by atoms with Crippen molar-refractivity contribution in [1.29, 1.82) is 0 Å². The number of nitrogens with two attached hydrogens (primary N) is 1. The number of methoxy groups -OCH3 is 1. The number of rotatable bonds is 5. The summed E-state index contributed by atoms with van der Waals surface area (Å²) >= 11 is 5.96. The lowest BCUT2D eigenvalue weighted by molar-refractivity contribution is 0.417. The van der Waals surface area contributed by atoms with Gasteiger partial charge in [0.25, 0.3) is 0 Å². The Hall–Kier alpha value is -1.54. The molecule has 0 radical (unpaired) electrons. The van der Waals surface area contributed by atoms with E-state index in [1.165, 1.54) is 12.1 Å². The Labute approximate surface area is 156 Å². The Morgan fingerprint density at radius 3 is 2.74 bits per heavy atom. The van der Waals surface area contributed by atoms with Crippen molar-refractivity contribution in [3.05, 3.63) is 58.9 Å². The number of nitrogens with one attached hydrogen (secondary N) is 1. The first-order chi connectivity index (χ1) is 10.6. The van der Waals surface area contributed by atoms with E-state index < -0.39 is 0 Å². The van der Waals surface area contributed by atoms with Crippen LogP contribution in [-0.2, 0) is 6.42 Å². The highest BCUT2D eigenvalue weighted by Gasteiger charge is 2.04. The van der Waals surface area contributed by atoms with Crippen LogP contribution < -0.4 is 15.8 Å². The monoisotopic (exact) mass is 449 g/mol. The van der Waals surface area contributed by atoms with E-state index >= 15 is 0 Å². The summed E-state index contributed by atoms with van der Waals surface area (Å²) in [6.45, 7) is 0.444. The normalized spacial score (nSPS) is 10.8. The van der Waals surface area contributed by atoms with Gasteiger partial charge in [0, 0.05) is 11.6 Å². The van der Waals surface area contributed by atoms with Gasteiger partial charge in [-0.25, -0.2) is 4.39 Å². The largest absolute Gasteiger partial charge is 0.495 e. The molecule has 0 fully saturated rings. The van der Waals surface area contributed by atoms with Crippen LogP contribution in [0.4, 0.5) is 10.1 Å². The summed E-state index contributed by atoms with van der Waals surface area (Å²) < 4.78 is 18.2. The molecule has 2 aromatic rings. The third kappa shape index (κ3) is 5.87. The van der Waals surface area contributed by atoms with Crippen LogP contribution in [0, 0.1) is 5.82 Å². The highest BCUT2D eigenvalue weighted by molar-refractivity contribution is 14.0. The van der Waals surface area contributed by atoms with Crippen molar-refractivity contribution in [2.45, 2.75) is 6.42 Å². The molecule has 2 rings (SSSR count). The molecule has 7 heteroatoms. The van der Waals surface area contributed by atoms with Crippen LogP contribution in [0.2, 0.25) is 5.02 Å². The van der Waals surface area contributed by atoms with Crippen LogP contribution in [0.1, 0.15) is 5.56 Å². The lowest BCUT2D eigenvalue weighted by Crippen LogP contribution is -2.23. The molecule has 23 heavy (non-hydrogen) atoms. The number of benzene rings is 2. The van der Waals surface area contributed by atoms with E-state index in [0.29, 0.717) is 23.7 Å². The molecule has 0 atom stereocenters. The van der Waals surface area contributed by atoms with Crippen molar-refractivity contribution in [1.82, 2.24) is 0 Å². The quantitative estimate of drug-likeness (QED) is 0.411. The van der Waals surface area contributed by atoms with E-state index in [4.69, 9.17) is 22.1 Å². The molecule has 0 bridgehead atoms. The van der Waals surface area contributed by atoms with Gasteiger partial charge < -0.3 is 15.8 Å². The molecule has 0 saturated carbocycles. The van der Waals surface area contributed by atoms with Crippen LogP contribution in [0.3, 0.4) is 0 Å². The van der Waals surface area contributed by atoms with Crippen molar-refractivity contribution < 1.29 is 9.13 Å². The van der Waals surface area contributed by atoms with E-state index in [0.717, 1.165) is 11.3 Å². The Bertz CT molecular complexity index is 682. The molecule has 0 aliphatic heterocycles. The van der Waals surface area contributed by atoms with Crippen LogP contribution in [0.25, 0.3) is 0 Å². The highest BCUT2D eigenvalue weighted by atomic mass is 127. The number of guanidine groups is 1. The van der Waals surface area contributed by atoms with E-state index in [9.17, 15) is 4.39 Å². The average Bonchev–Trinajstić information content (AvgIpc) is 2.50. The van der Waals surface area contributed by atoms with E-state index in [1.54, 1.807) is 13.2 Å². The molecule has 2 aromatic carbocycles. The Kier molecular flexibility index (Phi) is 8.11. The molecule has 0 unspecified atom stereocenters. The van der Waals surface area contributed by atoms with Crippen molar-refractivity contribution in [3.63, 3.8) is 0 Å². The van der Waals surface area contributed by atoms with Gasteiger partial charge >= 0.3 is 0 Å². The van der Waals surface area contributed by atoms with Crippen LogP contribution in [0.15, 0.2) is 47.5 Å². The molecular formula is C16H18ClFIN3O. The maximum Gasteiger partial charge on any atom is 0.193 e. The van der Waals surface area contributed by atoms with Gasteiger partial charge in [0.2, 0.25) is 0 Å². The average molecular weight is 450 g/mol. The fourth-order valence-corrected chi connectivity index (χ4v) is 2.21. The molecule has 0 heterocycles. The SMILES string of the molecule is COc1ccccc1NC(N)=NCCc1ccc(F)cc1Cl.I. The van der Waals surface area contributed by atoms with Gasteiger partial charge in [-0.1, -0.05) is 29.8 Å². The number of anilines is 1. The lowest BCUT2D eigenvalue weighted by Gasteiger charge is -2.10. The molecule has 0 saturated heterocycles. The van der Waals surface area contributed by atoms with Crippen molar-refractivity contribution in [3.8, 4) is 5.75 Å². The summed E-state index contributed by atoms with van der Waals surface area (Å²) in [6, 6.07) is 11.7. The highest BCUT2D eigenvalue weighted by Crippen LogP contribution is 2.22. The summed E-state index contributed by atoms with van der Waals surface area (Å²) in [5.74, 6) is 0.611. The van der Waals surface area contributed by atoms with Crippen molar-refractivity contribution >= 4 is 47.2 Å². The number of halogens is 3. The minimum absolute atomic E-state index is 0. The zero-order chi connectivity index (χ0) is 15.9. The maximum absolute atomic E-state index is 13.0. The van der Waals surface area contributed by atoms with E-state index in [1.807, 2.05) is 24.3 Å². The summed E-state index contributed by atoms with van der Waals surface area (Å²) in [5, 5.41) is 3.38. The number of ether oxygens (including phenoxy) is 1. The summed E-state index contributed by atoms with van der Waals surface area (Å²) in [5.41, 5.74) is 7.42. The summed E-state index contributed by atoms with van der Waals surface area (Å²) in [7, 11) is 1.59. The van der Waals surface area contributed by atoms with Gasteiger partial charge in [-0.2, -0.15) is 0 Å². The zero-order valence-corrected chi connectivity index (χ0v) is 15.6. The molecule has 3 N–H and O–H groups in total. The predicted octanol–water partition coefficient (Wildman–Crippen LogP) is 4.08. The van der Waals surface area contributed by atoms with Crippen molar-refractivity contribution in [2.24, 2.45) is 10.7 Å². The topological polar surface area (TPSA) is 59.6 Å². The van der Waals surface area contributed by atoms with Gasteiger partial charge in [-0.3, -0.25) is 4.99 Å². The molecule has 0 aliphatic rings. The third-order valence-electron chi connectivity index (χ3n) is 3.05. The van der Waals surface area contributed by atoms with E-state index in [-0.39, 0.29) is 35.8 Å². The second kappa shape index (κ2) is 9.57. The van der Waals surface area contributed by atoms with Crippen LogP contribution >= 0.6 is 35.6 Å². The molecule has 0 aromatic heterocycles. The standard InChI is InChI=1S/C16H17ClFN3O.HI/c1-22-15-5-3-2-4-14(15)21-16(19)20-9-8-11-6-7-12(18)10-13(11)17;/h2-7,10H,8-9H2,1H3,(H3,19,20,21);1H. The number of para-hydroxylation sites is 2. The molecular weight excluding hydrogens is 432 g/mol. The molecule has 0 aliphatic carbocycles. The number of hydrogen-bond acceptors (Lipinski definition) is 2. The van der Waals surface area contributed by atoms with Crippen LogP contribution in [-0.4, -0.2) is 19.6 Å². The minimum Gasteiger partial charge on any atom is -0.495 e. The van der Waals surface area contributed by atoms with Gasteiger partial charge in [-0.05, 0) is 36.2 Å². The van der Waals surface area contributed by atoms with Gasteiger partial charge in [0.1, 0.15) is 11.6 Å². The first-order valence-corrected chi connectivity index (χ1v) is 7.12. The second-order valence-electron chi connectivity index (χ2n) is 4.58. The van der Waals surface area contributed by atoms with Gasteiger partial charge in [0.05, 0.1) is 12.8 Å². The fraction of sp³-hybridized carbons (Fsp3) is 0.188. The Morgan fingerprint density at radius 1 is 1.30 bits per heavy atom. The number of hydrogen-bond donors (Lipinski definition) is 2. The minimum atomic E-state index is -0.352. The molecule has 124 valence electrons. The summed E-state index contributed by atoms with van der Waals surface area (Å²) in [4.78, 5) is 4.23. The first-order valence-electron chi connectivity index (χ1n) is 6.74. The third-order valence-corrected chi connectivity index (χ3v) is 3.40. The Morgan fingerprint density at radius 2 is 2.04 bits per heavy atom. The maximum atomic E-state index is 13.0. The Balaban J connectivity index is 0.00000264. The van der Waals surface area contributed by atoms with Crippen molar-refractivity contribution in [2.75, 3.05) is 19.0 Å². The second-order valence-corrected chi connectivity index (χ2v) is 4.99. The fourth-order valence-electron chi connectivity index (χ4n) is 1.95. The molecule has 4 nitrogen and oxygen atoms in total. The lowest BCUT2D eigenvalue weighted by atomic mass is 10.1. The smallest absolute Gasteiger partial charge is 0.193 e. The predicted molar refractivity (Wildman–Crippen MR) is 104 cm³/mol.